The van der Waals surface area contributed by atoms with Crippen molar-refractivity contribution in [2.24, 2.45) is 0 Å². The third-order valence-electron chi connectivity index (χ3n) is 6.22. The number of benzene rings is 1. The third-order valence-corrected chi connectivity index (χ3v) is 6.22. The van der Waals surface area contributed by atoms with Crippen molar-refractivity contribution in [1.82, 2.24) is 14.9 Å². The second kappa shape index (κ2) is 7.41. The number of para-hydroxylation sites is 1. The maximum Gasteiger partial charge on any atom is 0.254 e. The van der Waals surface area contributed by atoms with Gasteiger partial charge in [-0.15, -0.1) is 0 Å². The van der Waals surface area contributed by atoms with Crippen LogP contribution in [-0.2, 0) is 23.1 Å². The Morgan fingerprint density at radius 1 is 1.32 bits per heavy atom. The number of aromatic nitrogens is 2. The van der Waals surface area contributed by atoms with Crippen molar-refractivity contribution in [2.75, 3.05) is 20.2 Å². The molecule has 148 valence electrons. The van der Waals surface area contributed by atoms with Crippen LogP contribution in [-0.4, -0.2) is 41.0 Å². The Morgan fingerprint density at radius 3 is 2.96 bits per heavy atom. The van der Waals surface area contributed by atoms with E-state index < -0.39 is 0 Å². The van der Waals surface area contributed by atoms with Gasteiger partial charge in [0.15, 0.2) is 0 Å². The molecule has 1 unspecified atom stereocenters. The SMILES string of the molecule is COc1ccccc1CCC(=O)N1CCCC2(CCc3c2nc(C)[nH]c3=O)C1. The number of fused-ring (bicyclic) bond motifs is 2. The summed E-state index contributed by atoms with van der Waals surface area (Å²) in [6.07, 6.45) is 4.73. The number of H-pyrrole nitrogens is 1. The number of nitrogens with zero attached hydrogens (tertiary/aromatic N) is 2. The standard InChI is InChI=1S/C22H27N3O3/c1-15-23-20-17(21(27)24-15)10-12-22(20)11-5-13-25(14-22)19(26)9-8-16-6-3-4-7-18(16)28-2/h3-4,6-7H,5,8-14H2,1-2H3,(H,23,24,27). The fraction of sp³-hybridized carbons (Fsp3) is 0.500. The van der Waals surface area contributed by atoms with E-state index in [9.17, 15) is 9.59 Å². The van der Waals surface area contributed by atoms with E-state index in [2.05, 4.69) is 4.98 Å². The van der Waals surface area contributed by atoms with Gasteiger partial charge in [-0.2, -0.15) is 0 Å². The molecule has 1 N–H and O–H groups in total. The number of carbonyl (C=O) groups excluding carboxylic acids is 1. The van der Waals surface area contributed by atoms with Crippen LogP contribution in [0.25, 0.3) is 0 Å². The molecule has 2 heterocycles. The first-order valence-electron chi connectivity index (χ1n) is 10.0. The highest BCUT2D eigenvalue weighted by molar-refractivity contribution is 5.77. The average Bonchev–Trinajstić information content (AvgIpc) is 3.04. The summed E-state index contributed by atoms with van der Waals surface area (Å²) in [5.41, 5.74) is 2.62. The molecular formula is C22H27N3O3. The van der Waals surface area contributed by atoms with Crippen LogP contribution in [0.4, 0.5) is 0 Å². The van der Waals surface area contributed by atoms with Crippen molar-refractivity contribution >= 4 is 5.91 Å². The smallest absolute Gasteiger partial charge is 0.254 e. The lowest BCUT2D eigenvalue weighted by molar-refractivity contribution is -0.133. The van der Waals surface area contributed by atoms with E-state index in [-0.39, 0.29) is 16.9 Å². The van der Waals surface area contributed by atoms with E-state index in [1.54, 1.807) is 7.11 Å². The van der Waals surface area contributed by atoms with Crippen LogP contribution in [0.3, 0.4) is 0 Å². The molecular weight excluding hydrogens is 354 g/mol. The van der Waals surface area contributed by atoms with Crippen molar-refractivity contribution < 1.29 is 9.53 Å². The average molecular weight is 381 g/mol. The lowest BCUT2D eigenvalue weighted by Gasteiger charge is -2.40. The van der Waals surface area contributed by atoms with E-state index >= 15 is 0 Å². The molecule has 1 atom stereocenters. The highest BCUT2D eigenvalue weighted by atomic mass is 16.5. The Morgan fingerprint density at radius 2 is 2.14 bits per heavy atom. The number of likely N-dealkylation sites (tertiary alicyclic amines) is 1. The van der Waals surface area contributed by atoms with E-state index in [1.807, 2.05) is 36.1 Å². The normalized spacial score (nSPS) is 21.0. The maximum atomic E-state index is 13.0. The highest BCUT2D eigenvalue weighted by Gasteiger charge is 2.45. The van der Waals surface area contributed by atoms with Crippen LogP contribution in [0, 0.1) is 6.92 Å². The maximum absolute atomic E-state index is 13.0. The molecule has 1 aromatic heterocycles. The molecule has 4 rings (SSSR count). The van der Waals surface area contributed by atoms with Gasteiger partial charge in [-0.1, -0.05) is 18.2 Å². The summed E-state index contributed by atoms with van der Waals surface area (Å²) in [4.78, 5) is 34.7. The minimum atomic E-state index is -0.160. The van der Waals surface area contributed by atoms with Gasteiger partial charge in [0.25, 0.3) is 5.56 Å². The number of rotatable bonds is 4. The fourth-order valence-electron chi connectivity index (χ4n) is 4.81. The number of aromatic amines is 1. The summed E-state index contributed by atoms with van der Waals surface area (Å²) in [6, 6.07) is 7.85. The van der Waals surface area contributed by atoms with Crippen molar-refractivity contribution in [3.05, 3.63) is 57.3 Å². The topological polar surface area (TPSA) is 75.3 Å². The summed E-state index contributed by atoms with van der Waals surface area (Å²) < 4.78 is 5.39. The highest BCUT2D eigenvalue weighted by Crippen LogP contribution is 2.43. The molecule has 1 aromatic carbocycles. The number of methoxy groups -OCH3 is 1. The van der Waals surface area contributed by atoms with Crippen LogP contribution in [0.5, 0.6) is 5.75 Å². The predicted molar refractivity (Wildman–Crippen MR) is 107 cm³/mol. The van der Waals surface area contributed by atoms with Gasteiger partial charge >= 0.3 is 0 Å². The molecule has 1 fully saturated rings. The zero-order valence-electron chi connectivity index (χ0n) is 16.6. The Balaban J connectivity index is 1.49. The molecule has 0 radical (unpaired) electrons. The van der Waals surface area contributed by atoms with Gasteiger partial charge in [0, 0.05) is 30.5 Å². The Bertz CT molecular complexity index is 952. The van der Waals surface area contributed by atoms with E-state index in [1.165, 1.54) is 0 Å². The summed E-state index contributed by atoms with van der Waals surface area (Å²) in [5, 5.41) is 0. The lowest BCUT2D eigenvalue weighted by Crippen LogP contribution is -2.48. The van der Waals surface area contributed by atoms with Gasteiger partial charge in [0.1, 0.15) is 11.6 Å². The predicted octanol–water partition coefficient (Wildman–Crippen LogP) is 2.53. The van der Waals surface area contributed by atoms with Gasteiger partial charge in [0.2, 0.25) is 5.91 Å². The first kappa shape index (κ1) is 18.7. The number of amides is 1. The molecule has 1 saturated heterocycles. The number of nitrogens with one attached hydrogen (secondary N) is 1. The number of aryl methyl sites for hydroxylation is 2. The molecule has 1 aliphatic heterocycles. The largest absolute Gasteiger partial charge is 0.496 e. The van der Waals surface area contributed by atoms with Gasteiger partial charge in [0.05, 0.1) is 12.8 Å². The van der Waals surface area contributed by atoms with E-state index in [4.69, 9.17) is 9.72 Å². The summed E-state index contributed by atoms with van der Waals surface area (Å²) >= 11 is 0. The van der Waals surface area contributed by atoms with Crippen molar-refractivity contribution in [3.63, 3.8) is 0 Å². The zero-order valence-corrected chi connectivity index (χ0v) is 16.6. The van der Waals surface area contributed by atoms with Crippen LogP contribution in [0.1, 0.15) is 48.3 Å². The molecule has 6 nitrogen and oxygen atoms in total. The molecule has 1 aliphatic carbocycles. The minimum Gasteiger partial charge on any atom is -0.496 e. The summed E-state index contributed by atoms with van der Waals surface area (Å²) in [7, 11) is 1.66. The molecule has 28 heavy (non-hydrogen) atoms. The molecule has 2 aliphatic rings. The van der Waals surface area contributed by atoms with E-state index in [0.29, 0.717) is 25.2 Å². The molecule has 0 bridgehead atoms. The monoisotopic (exact) mass is 381 g/mol. The number of ether oxygens (including phenoxy) is 1. The molecule has 0 saturated carbocycles. The fourth-order valence-corrected chi connectivity index (χ4v) is 4.81. The first-order valence-corrected chi connectivity index (χ1v) is 10.0. The number of carbonyl (C=O) groups is 1. The molecule has 2 aromatic rings. The van der Waals surface area contributed by atoms with Gasteiger partial charge in [-0.25, -0.2) is 4.98 Å². The van der Waals surface area contributed by atoms with Gasteiger partial charge < -0.3 is 14.6 Å². The minimum absolute atomic E-state index is 0.0148. The second-order valence-corrected chi connectivity index (χ2v) is 7.99. The zero-order chi connectivity index (χ0) is 19.7. The van der Waals surface area contributed by atoms with Crippen LogP contribution in [0.2, 0.25) is 0 Å². The van der Waals surface area contributed by atoms with Gasteiger partial charge in [-0.3, -0.25) is 9.59 Å². The van der Waals surface area contributed by atoms with Crippen molar-refractivity contribution in [3.8, 4) is 5.75 Å². The van der Waals surface area contributed by atoms with Crippen molar-refractivity contribution in [2.45, 2.75) is 50.9 Å². The number of piperidine rings is 1. The van der Waals surface area contributed by atoms with Crippen molar-refractivity contribution in [1.29, 1.82) is 0 Å². The van der Waals surface area contributed by atoms with Gasteiger partial charge in [-0.05, 0) is 50.7 Å². The summed E-state index contributed by atoms with van der Waals surface area (Å²) in [6.45, 7) is 3.28. The quantitative estimate of drug-likeness (QED) is 0.883. The molecule has 1 spiro atoms. The Kier molecular flexibility index (Phi) is 4.96. The second-order valence-electron chi connectivity index (χ2n) is 7.99. The molecule has 1 amide bonds. The Labute approximate surface area is 164 Å². The number of hydrogen-bond donors (Lipinski definition) is 1. The lowest BCUT2D eigenvalue weighted by atomic mass is 9.77. The van der Waals surface area contributed by atoms with Crippen LogP contribution in [0.15, 0.2) is 29.1 Å². The number of hydrogen-bond acceptors (Lipinski definition) is 4. The summed E-state index contributed by atoms with van der Waals surface area (Å²) in [5.74, 6) is 1.65. The molecule has 6 heteroatoms. The van der Waals surface area contributed by atoms with Crippen LogP contribution >= 0.6 is 0 Å². The third kappa shape index (κ3) is 3.32. The van der Waals surface area contributed by atoms with E-state index in [0.717, 1.165) is 54.8 Å². The first-order chi connectivity index (χ1) is 13.5. The Hall–Kier alpha value is -2.63. The van der Waals surface area contributed by atoms with Crippen LogP contribution < -0.4 is 10.3 Å².